The topological polar surface area (TPSA) is 112 Å². The molecule has 3 rings (SSSR count). The van der Waals surface area contributed by atoms with Crippen LogP contribution in [0, 0.1) is 10.1 Å². The van der Waals surface area contributed by atoms with E-state index in [0.29, 0.717) is 17.4 Å². The zero-order chi connectivity index (χ0) is 19.4. The van der Waals surface area contributed by atoms with Crippen molar-refractivity contribution in [3.8, 4) is 0 Å². The summed E-state index contributed by atoms with van der Waals surface area (Å²) in [4.78, 5) is 34.2. The highest BCUT2D eigenvalue weighted by molar-refractivity contribution is 6.30. The summed E-state index contributed by atoms with van der Waals surface area (Å²) in [6, 6.07) is 11.0. The Morgan fingerprint density at radius 2 is 1.93 bits per heavy atom. The van der Waals surface area contributed by atoms with Gasteiger partial charge in [0.25, 0.3) is 11.2 Å². The molecule has 0 saturated heterocycles. The van der Waals surface area contributed by atoms with Crippen LogP contribution < -0.4 is 10.9 Å². The molecule has 1 N–H and O–H groups in total. The van der Waals surface area contributed by atoms with Crippen LogP contribution in [-0.4, -0.2) is 25.2 Å². The van der Waals surface area contributed by atoms with Crippen molar-refractivity contribution in [1.82, 2.24) is 14.3 Å². The molecule has 0 aliphatic rings. The van der Waals surface area contributed by atoms with Crippen molar-refractivity contribution in [2.75, 3.05) is 5.32 Å². The van der Waals surface area contributed by atoms with Gasteiger partial charge >= 0.3 is 0 Å². The highest BCUT2D eigenvalue weighted by Gasteiger charge is 2.12. The van der Waals surface area contributed by atoms with E-state index in [1.165, 1.54) is 6.20 Å². The van der Waals surface area contributed by atoms with Gasteiger partial charge in [0.1, 0.15) is 12.4 Å². The molecule has 0 aliphatic heterocycles. The van der Waals surface area contributed by atoms with Gasteiger partial charge in [-0.05, 0) is 17.7 Å². The molecule has 0 bridgehead atoms. The maximum Gasteiger partial charge on any atom is 0.285 e. The number of aromatic nitrogens is 3. The third-order valence-electron chi connectivity index (χ3n) is 3.72. The minimum atomic E-state index is -0.630. The zero-order valence-corrected chi connectivity index (χ0v) is 14.7. The van der Waals surface area contributed by atoms with Crippen LogP contribution in [0.15, 0.2) is 59.7 Å². The maximum atomic E-state index is 12.3. The van der Waals surface area contributed by atoms with E-state index in [9.17, 15) is 19.7 Å². The van der Waals surface area contributed by atoms with Crippen molar-refractivity contribution in [3.63, 3.8) is 0 Å². The Labute approximate surface area is 158 Å². The lowest BCUT2D eigenvalue weighted by molar-refractivity contribution is -0.385. The fourth-order valence-electron chi connectivity index (χ4n) is 2.41. The Kier molecular flexibility index (Phi) is 5.32. The van der Waals surface area contributed by atoms with Crippen LogP contribution >= 0.6 is 11.6 Å². The fraction of sp³-hybridized carbons (Fsp3) is 0.118. The number of rotatable bonds is 6. The van der Waals surface area contributed by atoms with E-state index in [2.05, 4.69) is 10.4 Å². The van der Waals surface area contributed by atoms with Crippen molar-refractivity contribution in [2.24, 2.45) is 0 Å². The molecule has 27 heavy (non-hydrogen) atoms. The van der Waals surface area contributed by atoms with Crippen molar-refractivity contribution >= 4 is 29.0 Å². The quantitative estimate of drug-likeness (QED) is 0.515. The van der Waals surface area contributed by atoms with Crippen molar-refractivity contribution in [1.29, 1.82) is 0 Å². The summed E-state index contributed by atoms with van der Waals surface area (Å²) in [5.41, 5.74) is 0.161. The van der Waals surface area contributed by atoms with Gasteiger partial charge in [0, 0.05) is 23.2 Å². The van der Waals surface area contributed by atoms with Crippen molar-refractivity contribution in [3.05, 3.63) is 85.9 Å². The molecule has 0 spiro atoms. The number of hydrogen-bond donors (Lipinski definition) is 1. The number of carbonyl (C=O) groups is 1. The molecule has 1 aromatic carbocycles. The Hall–Kier alpha value is -3.46. The predicted octanol–water partition coefficient (Wildman–Crippen LogP) is 2.29. The minimum absolute atomic E-state index is 0.268. The largest absolute Gasteiger partial charge is 0.309 e. The Bertz CT molecular complexity index is 1040. The number of halogens is 1. The summed E-state index contributed by atoms with van der Waals surface area (Å²) < 4.78 is 2.56. The normalized spacial score (nSPS) is 10.6. The SMILES string of the molecule is O=C(Cn1cc([N+](=O)[O-])ccc1=O)Nc1ccnn1Cc1ccc(Cl)cc1. The van der Waals surface area contributed by atoms with Gasteiger partial charge in [-0.25, -0.2) is 4.68 Å². The van der Waals surface area contributed by atoms with Crippen LogP contribution in [0.3, 0.4) is 0 Å². The molecule has 0 fully saturated rings. The van der Waals surface area contributed by atoms with Crippen LogP contribution in [0.25, 0.3) is 0 Å². The molecule has 138 valence electrons. The first-order valence-electron chi connectivity index (χ1n) is 7.83. The number of nitrogens with zero attached hydrogens (tertiary/aromatic N) is 4. The minimum Gasteiger partial charge on any atom is -0.309 e. The van der Waals surface area contributed by atoms with Gasteiger partial charge in [0.15, 0.2) is 0 Å². The van der Waals surface area contributed by atoms with Crippen LogP contribution in [0.4, 0.5) is 11.5 Å². The van der Waals surface area contributed by atoms with Gasteiger partial charge in [-0.15, -0.1) is 0 Å². The van der Waals surface area contributed by atoms with Gasteiger partial charge in [-0.3, -0.25) is 24.3 Å². The van der Waals surface area contributed by atoms with Crippen LogP contribution in [-0.2, 0) is 17.9 Å². The van der Waals surface area contributed by atoms with Crippen molar-refractivity contribution < 1.29 is 9.72 Å². The lowest BCUT2D eigenvalue weighted by atomic mass is 10.2. The number of hydrogen-bond acceptors (Lipinski definition) is 5. The molecule has 9 nitrogen and oxygen atoms in total. The van der Waals surface area contributed by atoms with E-state index < -0.39 is 16.4 Å². The molecule has 0 atom stereocenters. The van der Waals surface area contributed by atoms with E-state index in [1.54, 1.807) is 22.9 Å². The highest BCUT2D eigenvalue weighted by atomic mass is 35.5. The standard InChI is InChI=1S/C17H14ClN5O4/c18-13-3-1-12(2-4-13)9-22-15(7-8-19-22)20-16(24)11-21-10-14(23(26)27)5-6-17(21)25/h1-8,10H,9,11H2,(H,20,24). The lowest BCUT2D eigenvalue weighted by Crippen LogP contribution is -2.27. The second kappa shape index (κ2) is 7.83. The molecule has 3 aromatic rings. The average molecular weight is 388 g/mol. The monoisotopic (exact) mass is 387 g/mol. The third-order valence-corrected chi connectivity index (χ3v) is 3.97. The summed E-state index contributed by atoms with van der Waals surface area (Å²) in [6.07, 6.45) is 2.57. The maximum absolute atomic E-state index is 12.3. The number of nitrogens with one attached hydrogen (secondary N) is 1. The van der Waals surface area contributed by atoms with E-state index in [0.717, 1.165) is 28.5 Å². The molecule has 1 amide bonds. The number of benzene rings is 1. The molecule has 2 aromatic heterocycles. The van der Waals surface area contributed by atoms with Crippen LogP contribution in [0.5, 0.6) is 0 Å². The molecule has 2 heterocycles. The summed E-state index contributed by atoms with van der Waals surface area (Å²) in [6.45, 7) is 0.0587. The summed E-state index contributed by atoms with van der Waals surface area (Å²) in [5.74, 6) is -0.0658. The molecule has 0 aliphatic carbocycles. The third kappa shape index (κ3) is 4.59. The Balaban J connectivity index is 1.71. The van der Waals surface area contributed by atoms with E-state index >= 15 is 0 Å². The molecule has 10 heteroatoms. The number of pyridine rings is 1. The Morgan fingerprint density at radius 1 is 1.19 bits per heavy atom. The summed E-state index contributed by atoms with van der Waals surface area (Å²) >= 11 is 5.86. The number of anilines is 1. The van der Waals surface area contributed by atoms with E-state index in [1.807, 2.05) is 12.1 Å². The van der Waals surface area contributed by atoms with Crippen molar-refractivity contribution in [2.45, 2.75) is 13.1 Å². The molecule has 0 radical (unpaired) electrons. The van der Waals surface area contributed by atoms with Gasteiger partial charge in [-0.2, -0.15) is 5.10 Å². The van der Waals surface area contributed by atoms with E-state index in [4.69, 9.17) is 11.6 Å². The molecule has 0 saturated carbocycles. The summed E-state index contributed by atoms with van der Waals surface area (Å²) in [7, 11) is 0. The van der Waals surface area contributed by atoms with Gasteiger partial charge in [0.2, 0.25) is 5.91 Å². The van der Waals surface area contributed by atoms with Gasteiger partial charge in [0.05, 0.1) is 23.9 Å². The number of amides is 1. The number of nitro groups is 1. The second-order valence-electron chi connectivity index (χ2n) is 5.66. The first-order chi connectivity index (χ1) is 12.9. The smallest absolute Gasteiger partial charge is 0.285 e. The Morgan fingerprint density at radius 3 is 2.63 bits per heavy atom. The molecular weight excluding hydrogens is 374 g/mol. The van der Waals surface area contributed by atoms with E-state index in [-0.39, 0.29) is 12.2 Å². The molecule has 0 unspecified atom stereocenters. The first kappa shape index (κ1) is 18.3. The first-order valence-corrected chi connectivity index (χ1v) is 8.21. The number of carbonyl (C=O) groups excluding carboxylic acids is 1. The van der Waals surface area contributed by atoms with Crippen LogP contribution in [0.2, 0.25) is 5.02 Å². The van der Waals surface area contributed by atoms with Gasteiger partial charge in [-0.1, -0.05) is 23.7 Å². The van der Waals surface area contributed by atoms with Crippen LogP contribution in [0.1, 0.15) is 5.56 Å². The average Bonchev–Trinajstić information content (AvgIpc) is 3.05. The van der Waals surface area contributed by atoms with Gasteiger partial charge < -0.3 is 5.32 Å². The lowest BCUT2D eigenvalue weighted by Gasteiger charge is -2.10. The highest BCUT2D eigenvalue weighted by Crippen LogP contribution is 2.14. The second-order valence-corrected chi connectivity index (χ2v) is 6.10. The molecular formula is C17H14ClN5O4. The predicted molar refractivity (Wildman–Crippen MR) is 98.8 cm³/mol. The fourth-order valence-corrected chi connectivity index (χ4v) is 2.54. The summed E-state index contributed by atoms with van der Waals surface area (Å²) in [5, 5.41) is 18.2. The zero-order valence-electron chi connectivity index (χ0n) is 13.9.